The first-order chi connectivity index (χ1) is 16.1. The van der Waals surface area contributed by atoms with Crippen molar-refractivity contribution in [1.82, 2.24) is 13.6 Å². The van der Waals surface area contributed by atoms with E-state index in [1.54, 1.807) is 0 Å². The van der Waals surface area contributed by atoms with Crippen LogP contribution in [0.25, 0.3) is 5.57 Å². The Hall–Kier alpha value is -1.94. The predicted octanol–water partition coefficient (Wildman–Crippen LogP) is 5.78. The highest BCUT2D eigenvalue weighted by molar-refractivity contribution is 8.13. The van der Waals surface area contributed by atoms with Gasteiger partial charge < -0.3 is 14.6 Å². The molecule has 0 fully saturated rings. The minimum Gasteiger partial charge on any atom is -0.475 e. The van der Waals surface area contributed by atoms with Crippen LogP contribution in [-0.2, 0) is 4.74 Å². The minimum atomic E-state index is -0.555. The first-order valence-corrected chi connectivity index (χ1v) is 13.2. The molecule has 2 aromatic rings. The number of aliphatic hydroxyl groups excluding tert-OH is 1. The number of hydrogen-bond donors (Lipinski definition) is 1. The number of rotatable bonds is 15. The highest BCUT2D eigenvalue weighted by Gasteiger charge is 2.24. The van der Waals surface area contributed by atoms with E-state index < -0.39 is 6.23 Å². The average Bonchev–Trinajstić information content (AvgIpc) is 3.29. The van der Waals surface area contributed by atoms with Gasteiger partial charge in [0.15, 0.2) is 6.23 Å². The van der Waals surface area contributed by atoms with Gasteiger partial charge in [0.2, 0.25) is 0 Å². The molecule has 7 nitrogen and oxygen atoms in total. The lowest BCUT2D eigenvalue weighted by molar-refractivity contribution is 0.0203. The van der Waals surface area contributed by atoms with E-state index >= 15 is 0 Å². The molecule has 1 N–H and O–H groups in total. The maximum absolute atomic E-state index is 12.3. The van der Waals surface area contributed by atoms with Crippen molar-refractivity contribution in [2.75, 3.05) is 32.6 Å². The molecule has 9 heteroatoms. The molecule has 0 amide bonds. The average molecular weight is 494 g/mol. The number of carbonyl (C=O) groups is 1. The van der Waals surface area contributed by atoms with E-state index in [-0.39, 0.29) is 11.9 Å². The molecule has 182 valence electrons. The molecule has 1 atom stereocenters. The van der Waals surface area contributed by atoms with Gasteiger partial charge in [-0.15, -0.1) is 4.37 Å². The summed E-state index contributed by atoms with van der Waals surface area (Å²) in [7, 11) is 1.90. The fraction of sp³-hybridized carbons (Fsp3) is 0.542. The molecular weight excluding hydrogens is 458 g/mol. The van der Waals surface area contributed by atoms with Gasteiger partial charge in [0.25, 0.3) is 5.88 Å². The number of ether oxygens (including phenoxy) is 2. The molecule has 33 heavy (non-hydrogen) atoms. The van der Waals surface area contributed by atoms with Crippen LogP contribution in [0.5, 0.6) is 5.88 Å². The first kappa shape index (κ1) is 27.3. The smallest absolute Gasteiger partial charge is 0.369 e. The zero-order chi connectivity index (χ0) is 23.9. The maximum atomic E-state index is 12.3. The van der Waals surface area contributed by atoms with Gasteiger partial charge in [0.1, 0.15) is 5.69 Å². The van der Waals surface area contributed by atoms with E-state index in [1.165, 1.54) is 12.8 Å². The van der Waals surface area contributed by atoms with E-state index in [4.69, 9.17) is 9.47 Å². The summed E-state index contributed by atoms with van der Waals surface area (Å²) in [5.41, 5.74) is 2.44. The fourth-order valence-corrected chi connectivity index (χ4v) is 4.19. The summed E-state index contributed by atoms with van der Waals surface area (Å²) in [6, 6.07) is 9.66. The Morgan fingerprint density at radius 2 is 2.00 bits per heavy atom. The van der Waals surface area contributed by atoms with E-state index in [0.29, 0.717) is 36.9 Å². The van der Waals surface area contributed by atoms with Crippen LogP contribution in [0, 0.1) is 0 Å². The molecule has 1 aromatic carbocycles. The number of benzene rings is 1. The largest absolute Gasteiger partial charge is 0.475 e. The lowest BCUT2D eigenvalue weighted by atomic mass is 10.1. The van der Waals surface area contributed by atoms with E-state index in [1.807, 2.05) is 55.3 Å². The van der Waals surface area contributed by atoms with Crippen molar-refractivity contribution in [3.05, 3.63) is 47.7 Å². The number of aromatic nitrogens is 2. The Balaban J connectivity index is 2.19. The topological polar surface area (TPSA) is 84.8 Å². The molecular formula is C24H35N3O4S2. The number of nitrogens with zero attached hydrogens (tertiary/aromatic N) is 3. The van der Waals surface area contributed by atoms with Gasteiger partial charge in [-0.05, 0) is 37.2 Å². The predicted molar refractivity (Wildman–Crippen MR) is 136 cm³/mol. The Morgan fingerprint density at radius 1 is 1.21 bits per heavy atom. The molecule has 2 rings (SSSR count). The molecule has 1 unspecified atom stereocenters. The van der Waals surface area contributed by atoms with Crippen LogP contribution in [0.4, 0.5) is 4.79 Å². The summed E-state index contributed by atoms with van der Waals surface area (Å²) in [4.78, 5) is 14.2. The molecule has 1 heterocycles. The highest BCUT2D eigenvalue weighted by atomic mass is 32.2. The Morgan fingerprint density at radius 3 is 2.70 bits per heavy atom. The third-order valence-electron chi connectivity index (χ3n) is 4.89. The van der Waals surface area contributed by atoms with Gasteiger partial charge >= 0.3 is 5.30 Å². The monoisotopic (exact) mass is 493 g/mol. The van der Waals surface area contributed by atoms with E-state index in [9.17, 15) is 9.90 Å². The molecule has 0 aliphatic carbocycles. The Kier molecular flexibility index (Phi) is 13.1. The molecule has 0 aliphatic rings. The summed E-state index contributed by atoms with van der Waals surface area (Å²) >= 11 is 2.25. The maximum Gasteiger partial charge on any atom is 0.369 e. The van der Waals surface area contributed by atoms with Crippen LogP contribution in [0.15, 0.2) is 36.4 Å². The number of unbranched alkanes of at least 4 members (excludes halogenated alkanes) is 3. The van der Waals surface area contributed by atoms with Crippen molar-refractivity contribution in [2.24, 2.45) is 0 Å². The molecule has 0 bridgehead atoms. The molecule has 0 saturated heterocycles. The number of carbonyl (C=O) groups excluding carboxylic acids is 1. The minimum absolute atomic E-state index is 0.0300. The van der Waals surface area contributed by atoms with Crippen LogP contribution in [0.3, 0.4) is 0 Å². The highest BCUT2D eigenvalue weighted by Crippen LogP contribution is 2.29. The van der Waals surface area contributed by atoms with Gasteiger partial charge in [-0.2, -0.15) is 4.37 Å². The quantitative estimate of drug-likeness (QED) is 0.190. The number of aliphatic hydroxyl groups is 1. The standard InChI is InChI=1S/C24H35N3O4S2/c1-4-6-7-11-17-30-22-21(25-33-26-22)20(15-12-16-28)18-27(3)23(31-24(29)32-5-2)19-13-9-8-10-14-19/h8-10,13-15,23,28H,4-7,11-12,16-18H2,1-3H3/b20-15+. The first-order valence-electron chi connectivity index (χ1n) is 11.4. The van der Waals surface area contributed by atoms with Gasteiger partial charge in [0, 0.05) is 24.5 Å². The van der Waals surface area contributed by atoms with Crippen molar-refractivity contribution in [1.29, 1.82) is 0 Å². The van der Waals surface area contributed by atoms with E-state index in [2.05, 4.69) is 15.7 Å². The summed E-state index contributed by atoms with van der Waals surface area (Å²) in [5.74, 6) is 1.17. The molecule has 0 saturated carbocycles. The van der Waals surface area contributed by atoms with Crippen LogP contribution >= 0.6 is 23.5 Å². The number of hydrogen-bond acceptors (Lipinski definition) is 9. The van der Waals surface area contributed by atoms with Crippen molar-refractivity contribution in [3.63, 3.8) is 0 Å². The zero-order valence-corrected chi connectivity index (χ0v) is 21.4. The third-order valence-corrected chi connectivity index (χ3v) is 6.03. The Labute approximate surface area is 205 Å². The van der Waals surface area contributed by atoms with Crippen molar-refractivity contribution in [2.45, 2.75) is 52.2 Å². The normalized spacial score (nSPS) is 12.7. The molecule has 0 aliphatic heterocycles. The second-order valence-electron chi connectivity index (χ2n) is 7.55. The van der Waals surface area contributed by atoms with Gasteiger partial charge in [-0.25, -0.2) is 4.79 Å². The van der Waals surface area contributed by atoms with Crippen molar-refractivity contribution < 1.29 is 19.4 Å². The summed E-state index contributed by atoms with van der Waals surface area (Å²) < 4.78 is 20.6. The lowest BCUT2D eigenvalue weighted by Crippen LogP contribution is -2.29. The second kappa shape index (κ2) is 15.8. The lowest BCUT2D eigenvalue weighted by Gasteiger charge is -2.28. The third kappa shape index (κ3) is 9.44. The molecule has 0 radical (unpaired) electrons. The van der Waals surface area contributed by atoms with Crippen molar-refractivity contribution >= 4 is 34.4 Å². The van der Waals surface area contributed by atoms with Gasteiger partial charge in [0.05, 0.1) is 18.3 Å². The zero-order valence-electron chi connectivity index (χ0n) is 19.7. The number of likely N-dealkylation sites (N-methyl/N-ethyl adjacent to an activating group) is 1. The van der Waals surface area contributed by atoms with Crippen LogP contribution in [0.2, 0.25) is 0 Å². The fourth-order valence-electron chi connectivity index (χ4n) is 3.27. The van der Waals surface area contributed by atoms with Crippen LogP contribution in [0.1, 0.15) is 63.4 Å². The van der Waals surface area contributed by atoms with Crippen molar-refractivity contribution in [3.8, 4) is 5.88 Å². The summed E-state index contributed by atoms with van der Waals surface area (Å²) in [6.07, 6.45) is 6.34. The summed E-state index contributed by atoms with van der Waals surface area (Å²) in [5, 5.41) is 9.10. The van der Waals surface area contributed by atoms with Crippen LogP contribution in [-0.4, -0.2) is 56.6 Å². The Bertz CT molecular complexity index is 845. The molecule has 0 spiro atoms. The van der Waals surface area contributed by atoms with Crippen LogP contribution < -0.4 is 4.74 Å². The van der Waals surface area contributed by atoms with E-state index in [0.717, 1.165) is 47.5 Å². The molecule has 1 aromatic heterocycles. The van der Waals surface area contributed by atoms with Gasteiger partial charge in [-0.3, -0.25) is 4.90 Å². The number of thioether (sulfide) groups is 1. The van der Waals surface area contributed by atoms with Gasteiger partial charge in [-0.1, -0.05) is 69.5 Å². The summed E-state index contributed by atoms with van der Waals surface area (Å²) in [6.45, 7) is 5.17. The second-order valence-corrected chi connectivity index (χ2v) is 9.28. The SMILES string of the molecule is CCCCCCOc1nsnc1/C(=C/CCO)CN(C)C(OC(=O)SCC)c1ccccc1.